The van der Waals surface area contributed by atoms with E-state index >= 15 is 0 Å². The number of nitro benzene ring substituents is 1. The van der Waals surface area contributed by atoms with E-state index in [4.69, 9.17) is 9.15 Å². The molecule has 1 heterocycles. The minimum atomic E-state index is -0.629. The number of nitro groups is 1. The maximum Gasteiger partial charge on any atom is 0.307 e. The molecule has 0 unspecified atom stereocenters. The van der Waals surface area contributed by atoms with Gasteiger partial charge < -0.3 is 14.3 Å². The van der Waals surface area contributed by atoms with Gasteiger partial charge in [0.2, 0.25) is 0 Å². The Morgan fingerprint density at radius 3 is 2.79 bits per heavy atom. The van der Waals surface area contributed by atoms with Gasteiger partial charge in [0.25, 0.3) is 5.69 Å². The summed E-state index contributed by atoms with van der Waals surface area (Å²) in [6.07, 6.45) is 1.08. The van der Waals surface area contributed by atoms with Gasteiger partial charge in [-0.05, 0) is 41.1 Å². The molecule has 0 radical (unpaired) electrons. The molecular weight excluding hydrogens is 514 g/mol. The van der Waals surface area contributed by atoms with Gasteiger partial charge in [-0.2, -0.15) is 5.10 Å². The standard InChI is InChI=1S/C18H13Br2N3O6/c1-2-28-14-7-12(23(26)27)4-10(16(14)24)8-21-22-18(25)15-5-9-3-11(19)6-13(20)17(9)29-15/h3-8,24H,2H2,1H3,(H,22,25)/b21-8-. The Hall–Kier alpha value is -2.92. The molecule has 29 heavy (non-hydrogen) atoms. The largest absolute Gasteiger partial charge is 0.504 e. The SMILES string of the molecule is CCOc1cc([N+](=O)[O-])cc(/C=N\NC(=O)c2cc3cc(Br)cc(Br)c3o2)c1O. The molecule has 0 aliphatic rings. The quantitative estimate of drug-likeness (QED) is 0.271. The molecule has 1 amide bonds. The molecule has 9 nitrogen and oxygen atoms in total. The number of nitrogens with zero attached hydrogens (tertiary/aromatic N) is 2. The first-order chi connectivity index (χ1) is 13.8. The van der Waals surface area contributed by atoms with E-state index < -0.39 is 10.8 Å². The van der Waals surface area contributed by atoms with Crippen molar-refractivity contribution >= 4 is 60.6 Å². The van der Waals surface area contributed by atoms with E-state index in [0.717, 1.165) is 22.8 Å². The zero-order valence-electron chi connectivity index (χ0n) is 14.8. The molecule has 0 bridgehead atoms. The highest BCUT2D eigenvalue weighted by Gasteiger charge is 2.17. The van der Waals surface area contributed by atoms with Crippen molar-refractivity contribution < 1.29 is 24.0 Å². The number of carbonyl (C=O) groups is 1. The van der Waals surface area contributed by atoms with Crippen LogP contribution in [-0.4, -0.2) is 28.8 Å². The van der Waals surface area contributed by atoms with Gasteiger partial charge in [0.1, 0.15) is 5.58 Å². The molecule has 0 aliphatic heterocycles. The summed E-state index contributed by atoms with van der Waals surface area (Å²) in [4.78, 5) is 22.7. The van der Waals surface area contributed by atoms with E-state index in [1.807, 2.05) is 0 Å². The zero-order chi connectivity index (χ0) is 21.1. The minimum Gasteiger partial charge on any atom is -0.504 e. The van der Waals surface area contributed by atoms with E-state index in [1.165, 1.54) is 0 Å². The van der Waals surface area contributed by atoms with E-state index in [0.29, 0.717) is 15.4 Å². The third-order valence-electron chi connectivity index (χ3n) is 3.73. The summed E-state index contributed by atoms with van der Waals surface area (Å²) in [6, 6.07) is 7.35. The highest BCUT2D eigenvalue weighted by molar-refractivity contribution is 9.11. The van der Waals surface area contributed by atoms with Crippen LogP contribution in [0.4, 0.5) is 5.69 Å². The fourth-order valence-corrected chi connectivity index (χ4v) is 3.83. The number of ether oxygens (including phenoxy) is 1. The summed E-state index contributed by atoms with van der Waals surface area (Å²) >= 11 is 6.72. The van der Waals surface area contributed by atoms with Crippen molar-refractivity contribution in [3.8, 4) is 11.5 Å². The molecule has 0 saturated heterocycles. The lowest BCUT2D eigenvalue weighted by Gasteiger charge is -2.07. The lowest BCUT2D eigenvalue weighted by Crippen LogP contribution is -2.16. The van der Waals surface area contributed by atoms with Crippen LogP contribution in [0.1, 0.15) is 23.0 Å². The second kappa shape index (κ2) is 8.62. The van der Waals surface area contributed by atoms with E-state index in [-0.39, 0.29) is 35.1 Å². The molecule has 3 aromatic rings. The summed E-state index contributed by atoms with van der Waals surface area (Å²) in [6.45, 7) is 1.89. The fourth-order valence-electron chi connectivity index (χ4n) is 2.49. The lowest BCUT2D eigenvalue weighted by atomic mass is 10.1. The topological polar surface area (TPSA) is 127 Å². The number of carbonyl (C=O) groups excluding carboxylic acids is 1. The Kier molecular flexibility index (Phi) is 6.18. The molecule has 0 atom stereocenters. The van der Waals surface area contributed by atoms with Crippen molar-refractivity contribution in [3.63, 3.8) is 0 Å². The van der Waals surface area contributed by atoms with E-state index in [1.54, 1.807) is 25.1 Å². The number of hydrogen-bond acceptors (Lipinski definition) is 7. The first-order valence-electron chi connectivity index (χ1n) is 8.16. The van der Waals surface area contributed by atoms with Gasteiger partial charge in [0.05, 0.1) is 28.3 Å². The number of amides is 1. The summed E-state index contributed by atoms with van der Waals surface area (Å²) < 4.78 is 12.2. The van der Waals surface area contributed by atoms with Crippen molar-refractivity contribution in [2.75, 3.05) is 6.61 Å². The first-order valence-corrected chi connectivity index (χ1v) is 9.75. The average molecular weight is 527 g/mol. The molecule has 2 aromatic carbocycles. The van der Waals surface area contributed by atoms with Gasteiger partial charge in [-0.15, -0.1) is 0 Å². The number of phenolic OH excluding ortho intramolecular Hbond substituents is 1. The van der Waals surface area contributed by atoms with Crippen molar-refractivity contribution in [2.24, 2.45) is 5.10 Å². The lowest BCUT2D eigenvalue weighted by molar-refractivity contribution is -0.385. The number of hydrogen-bond donors (Lipinski definition) is 2. The van der Waals surface area contributed by atoms with Crippen LogP contribution in [0.15, 0.2) is 48.8 Å². The Morgan fingerprint density at radius 2 is 2.10 bits per heavy atom. The number of furan rings is 1. The van der Waals surface area contributed by atoms with Crippen LogP contribution >= 0.6 is 31.9 Å². The Morgan fingerprint density at radius 1 is 1.34 bits per heavy atom. The monoisotopic (exact) mass is 525 g/mol. The molecule has 1 aromatic heterocycles. The number of halogens is 2. The molecule has 0 fully saturated rings. The van der Waals surface area contributed by atoms with Crippen LogP contribution in [0.25, 0.3) is 11.0 Å². The smallest absolute Gasteiger partial charge is 0.307 e. The van der Waals surface area contributed by atoms with Crippen LogP contribution in [0.5, 0.6) is 11.5 Å². The zero-order valence-corrected chi connectivity index (χ0v) is 18.0. The van der Waals surface area contributed by atoms with Gasteiger partial charge in [-0.1, -0.05) is 15.9 Å². The number of phenols is 1. The van der Waals surface area contributed by atoms with Crippen molar-refractivity contribution in [1.29, 1.82) is 0 Å². The van der Waals surface area contributed by atoms with Gasteiger partial charge in [-0.25, -0.2) is 5.43 Å². The first kappa shape index (κ1) is 20.8. The maximum absolute atomic E-state index is 12.3. The predicted molar refractivity (Wildman–Crippen MR) is 113 cm³/mol. The third-order valence-corrected chi connectivity index (χ3v) is 4.78. The van der Waals surface area contributed by atoms with Crippen LogP contribution in [0, 0.1) is 10.1 Å². The number of nitrogens with one attached hydrogen (secondary N) is 1. The number of fused-ring (bicyclic) bond motifs is 1. The average Bonchev–Trinajstić information content (AvgIpc) is 3.09. The molecule has 11 heteroatoms. The normalized spacial score (nSPS) is 11.1. The Balaban J connectivity index is 1.83. The number of aromatic hydroxyl groups is 1. The Labute approximate surface area is 180 Å². The number of non-ortho nitro benzene ring substituents is 1. The van der Waals surface area contributed by atoms with Crippen molar-refractivity contribution in [3.05, 3.63) is 60.7 Å². The second-order valence-electron chi connectivity index (χ2n) is 5.69. The molecule has 0 saturated carbocycles. The van der Waals surface area contributed by atoms with Gasteiger partial charge >= 0.3 is 5.91 Å². The highest BCUT2D eigenvalue weighted by Crippen LogP contribution is 2.34. The number of benzene rings is 2. The number of hydrazone groups is 1. The van der Waals surface area contributed by atoms with Crippen molar-refractivity contribution in [1.82, 2.24) is 5.43 Å². The third kappa shape index (κ3) is 4.57. The predicted octanol–water partition coefficient (Wildman–Crippen LogP) is 4.73. The second-order valence-corrected chi connectivity index (χ2v) is 7.46. The maximum atomic E-state index is 12.3. The molecule has 150 valence electrons. The molecule has 0 aliphatic carbocycles. The van der Waals surface area contributed by atoms with Crippen LogP contribution in [0.3, 0.4) is 0 Å². The number of rotatable bonds is 6. The summed E-state index contributed by atoms with van der Waals surface area (Å²) in [5.74, 6) is -0.986. The molecular formula is C18H13Br2N3O6. The van der Waals surface area contributed by atoms with Gasteiger partial charge in [0, 0.05) is 21.5 Å². The summed E-state index contributed by atoms with van der Waals surface area (Å²) in [5, 5.41) is 25.7. The van der Waals surface area contributed by atoms with Crippen LogP contribution in [-0.2, 0) is 0 Å². The summed E-state index contributed by atoms with van der Waals surface area (Å²) in [5.41, 5.74) is 2.49. The van der Waals surface area contributed by atoms with E-state index in [9.17, 15) is 20.0 Å². The minimum absolute atomic E-state index is 0.0132. The molecule has 0 spiro atoms. The van der Waals surface area contributed by atoms with Crippen LogP contribution < -0.4 is 10.2 Å². The fraction of sp³-hybridized carbons (Fsp3) is 0.111. The van der Waals surface area contributed by atoms with Crippen LogP contribution in [0.2, 0.25) is 0 Å². The van der Waals surface area contributed by atoms with Crippen molar-refractivity contribution in [2.45, 2.75) is 6.92 Å². The molecule has 3 rings (SSSR count). The highest BCUT2D eigenvalue weighted by atomic mass is 79.9. The van der Waals surface area contributed by atoms with Gasteiger partial charge in [0.15, 0.2) is 17.3 Å². The summed E-state index contributed by atoms with van der Waals surface area (Å²) in [7, 11) is 0. The van der Waals surface area contributed by atoms with E-state index in [2.05, 4.69) is 42.4 Å². The van der Waals surface area contributed by atoms with Gasteiger partial charge in [-0.3, -0.25) is 14.9 Å². The molecule has 2 N–H and O–H groups in total. The Bertz CT molecular complexity index is 1140.